The second-order valence-corrected chi connectivity index (χ2v) is 6.15. The molecular weight excluding hydrogens is 262 g/mol. The van der Waals surface area contributed by atoms with Crippen molar-refractivity contribution in [3.05, 3.63) is 35.4 Å². The Bertz CT molecular complexity index is 461. The summed E-state index contributed by atoms with van der Waals surface area (Å²) in [6.45, 7) is 8.92. The van der Waals surface area contributed by atoms with Crippen molar-refractivity contribution in [2.24, 2.45) is 5.92 Å². The number of nitrogens with one attached hydrogen (secondary N) is 2. The van der Waals surface area contributed by atoms with Gasteiger partial charge in [0.15, 0.2) is 0 Å². The molecule has 1 aliphatic rings. The number of piperidine rings is 1. The largest absolute Gasteiger partial charge is 0.337 e. The molecule has 0 bridgehead atoms. The summed E-state index contributed by atoms with van der Waals surface area (Å²) in [5.41, 5.74) is 2.35. The number of likely N-dealkylation sites (tertiary alicyclic amines) is 1. The van der Waals surface area contributed by atoms with Gasteiger partial charge in [0.05, 0.1) is 0 Å². The Labute approximate surface area is 127 Å². The van der Waals surface area contributed by atoms with E-state index in [9.17, 15) is 4.79 Å². The number of benzene rings is 1. The summed E-state index contributed by atoms with van der Waals surface area (Å²) in [5.74, 6) is 0.786. The molecule has 4 nitrogen and oxygen atoms in total. The monoisotopic (exact) mass is 289 g/mol. The van der Waals surface area contributed by atoms with Gasteiger partial charge in [-0.2, -0.15) is 0 Å². The van der Waals surface area contributed by atoms with Crippen molar-refractivity contribution in [3.63, 3.8) is 0 Å². The third kappa shape index (κ3) is 5.76. The molecular formula is C17H27N3O. The topological polar surface area (TPSA) is 44.4 Å². The highest BCUT2D eigenvalue weighted by molar-refractivity contribution is 5.73. The number of hydrogen-bond donors (Lipinski definition) is 2. The van der Waals surface area contributed by atoms with Gasteiger partial charge in [0.25, 0.3) is 0 Å². The van der Waals surface area contributed by atoms with E-state index in [0.717, 1.165) is 31.1 Å². The minimum atomic E-state index is -0.0819. The fourth-order valence-corrected chi connectivity index (χ4v) is 2.88. The zero-order chi connectivity index (χ0) is 15.1. The Hall–Kier alpha value is -1.55. The van der Waals surface area contributed by atoms with Crippen LogP contribution in [0.4, 0.5) is 4.79 Å². The number of carbonyl (C=O) groups excluding carboxylic acids is 1. The lowest BCUT2D eigenvalue weighted by Crippen LogP contribution is -2.42. The Morgan fingerprint density at radius 3 is 3.00 bits per heavy atom. The normalized spacial score (nSPS) is 19.2. The lowest BCUT2D eigenvalue weighted by atomic mass is 10.0. The summed E-state index contributed by atoms with van der Waals surface area (Å²) in [7, 11) is 0. The van der Waals surface area contributed by atoms with Crippen LogP contribution in [0.5, 0.6) is 0 Å². The van der Waals surface area contributed by atoms with Crippen molar-refractivity contribution in [2.45, 2.75) is 33.2 Å². The molecule has 21 heavy (non-hydrogen) atoms. The number of urea groups is 1. The number of rotatable bonds is 5. The van der Waals surface area contributed by atoms with Crippen molar-refractivity contribution < 1.29 is 4.79 Å². The van der Waals surface area contributed by atoms with Crippen LogP contribution in [0, 0.1) is 12.8 Å². The molecule has 1 aliphatic heterocycles. The van der Waals surface area contributed by atoms with E-state index in [1.54, 1.807) is 0 Å². The summed E-state index contributed by atoms with van der Waals surface area (Å²) >= 11 is 0. The molecule has 0 aromatic heterocycles. The lowest BCUT2D eigenvalue weighted by molar-refractivity contribution is 0.184. The fraction of sp³-hybridized carbons (Fsp3) is 0.588. The first-order chi connectivity index (χ1) is 10.1. The van der Waals surface area contributed by atoms with Crippen LogP contribution >= 0.6 is 0 Å². The van der Waals surface area contributed by atoms with Crippen molar-refractivity contribution in [1.29, 1.82) is 0 Å². The van der Waals surface area contributed by atoms with Crippen molar-refractivity contribution >= 4 is 6.03 Å². The molecule has 2 amide bonds. The van der Waals surface area contributed by atoms with Gasteiger partial charge in [0.1, 0.15) is 0 Å². The van der Waals surface area contributed by atoms with Crippen LogP contribution < -0.4 is 10.6 Å². The highest BCUT2D eigenvalue weighted by Gasteiger charge is 2.15. The van der Waals surface area contributed by atoms with E-state index in [4.69, 9.17) is 0 Å². The quantitative estimate of drug-likeness (QED) is 0.875. The molecule has 1 unspecified atom stereocenters. The molecule has 0 aliphatic carbocycles. The van der Waals surface area contributed by atoms with Crippen LogP contribution in [-0.4, -0.2) is 37.1 Å². The van der Waals surface area contributed by atoms with Gasteiger partial charge in [-0.1, -0.05) is 36.8 Å². The summed E-state index contributed by atoms with van der Waals surface area (Å²) < 4.78 is 0. The molecule has 1 aromatic carbocycles. The van der Waals surface area contributed by atoms with Crippen LogP contribution in [0.1, 0.15) is 30.9 Å². The third-order valence-electron chi connectivity index (χ3n) is 3.99. The first-order valence-corrected chi connectivity index (χ1v) is 7.93. The average molecular weight is 289 g/mol. The maximum absolute atomic E-state index is 11.8. The molecule has 1 atom stereocenters. The lowest BCUT2D eigenvalue weighted by Gasteiger charge is -2.30. The van der Waals surface area contributed by atoms with Crippen LogP contribution in [0.25, 0.3) is 0 Å². The Kier molecular flexibility index (Phi) is 6.05. The fourth-order valence-electron chi connectivity index (χ4n) is 2.88. The highest BCUT2D eigenvalue weighted by Crippen LogP contribution is 2.14. The first-order valence-electron chi connectivity index (χ1n) is 7.93. The molecule has 0 saturated carbocycles. The molecule has 0 spiro atoms. The van der Waals surface area contributed by atoms with Crippen LogP contribution in [0.3, 0.4) is 0 Å². The van der Waals surface area contributed by atoms with E-state index in [1.165, 1.54) is 18.4 Å². The van der Waals surface area contributed by atoms with E-state index in [1.807, 2.05) is 12.1 Å². The number of aryl methyl sites for hydroxylation is 1. The van der Waals surface area contributed by atoms with Crippen molar-refractivity contribution in [3.8, 4) is 0 Å². The molecule has 1 heterocycles. The Balaban J connectivity index is 1.61. The standard InChI is InChI=1S/C17H27N3O/c1-14-5-3-7-16(11-14)12-19-17(21)18-8-10-20-9-4-6-15(2)13-20/h3,5,7,11,15H,4,6,8-10,12-13H2,1-2H3,(H2,18,19,21). The predicted molar refractivity (Wildman–Crippen MR) is 86.3 cm³/mol. The van der Waals surface area contributed by atoms with Crippen LogP contribution in [-0.2, 0) is 6.54 Å². The summed E-state index contributed by atoms with van der Waals surface area (Å²) in [6, 6.07) is 8.12. The van der Waals surface area contributed by atoms with Crippen molar-refractivity contribution in [2.75, 3.05) is 26.2 Å². The maximum Gasteiger partial charge on any atom is 0.315 e. The smallest absolute Gasteiger partial charge is 0.315 e. The van der Waals surface area contributed by atoms with Gasteiger partial charge in [0.2, 0.25) is 0 Å². The van der Waals surface area contributed by atoms with Gasteiger partial charge in [-0.15, -0.1) is 0 Å². The van der Waals surface area contributed by atoms with E-state index in [2.05, 4.69) is 41.5 Å². The van der Waals surface area contributed by atoms with Crippen molar-refractivity contribution in [1.82, 2.24) is 15.5 Å². The van der Waals surface area contributed by atoms with Gasteiger partial charge < -0.3 is 15.5 Å². The molecule has 4 heteroatoms. The molecule has 1 fully saturated rings. The third-order valence-corrected chi connectivity index (χ3v) is 3.99. The Morgan fingerprint density at radius 2 is 2.24 bits per heavy atom. The van der Waals surface area contributed by atoms with Gasteiger partial charge in [-0.25, -0.2) is 4.79 Å². The highest BCUT2D eigenvalue weighted by atomic mass is 16.2. The summed E-state index contributed by atoms with van der Waals surface area (Å²) in [6.07, 6.45) is 2.61. The van der Waals surface area contributed by atoms with Gasteiger partial charge in [-0.3, -0.25) is 0 Å². The minimum Gasteiger partial charge on any atom is -0.337 e. The van der Waals surface area contributed by atoms with E-state index in [0.29, 0.717) is 13.1 Å². The summed E-state index contributed by atoms with van der Waals surface area (Å²) in [5, 5.41) is 5.84. The minimum absolute atomic E-state index is 0.0819. The predicted octanol–water partition coefficient (Wildman–Crippen LogP) is 2.53. The van der Waals surface area contributed by atoms with Gasteiger partial charge in [-0.05, 0) is 37.8 Å². The van der Waals surface area contributed by atoms with Gasteiger partial charge in [0, 0.05) is 26.2 Å². The van der Waals surface area contributed by atoms with E-state index in [-0.39, 0.29) is 6.03 Å². The molecule has 1 aromatic rings. The molecule has 2 N–H and O–H groups in total. The van der Waals surface area contributed by atoms with Crippen LogP contribution in [0.15, 0.2) is 24.3 Å². The number of amides is 2. The first kappa shape index (κ1) is 15.8. The molecule has 0 radical (unpaired) electrons. The molecule has 1 saturated heterocycles. The Morgan fingerprint density at radius 1 is 1.38 bits per heavy atom. The molecule has 2 rings (SSSR count). The average Bonchev–Trinajstić information content (AvgIpc) is 2.45. The number of carbonyl (C=O) groups is 1. The molecule has 116 valence electrons. The second-order valence-electron chi connectivity index (χ2n) is 6.15. The van der Waals surface area contributed by atoms with Gasteiger partial charge >= 0.3 is 6.03 Å². The SMILES string of the molecule is Cc1cccc(CNC(=O)NCCN2CCCC(C)C2)c1. The van der Waals surface area contributed by atoms with E-state index < -0.39 is 0 Å². The van der Waals surface area contributed by atoms with E-state index >= 15 is 0 Å². The second kappa shape index (κ2) is 8.03. The summed E-state index contributed by atoms with van der Waals surface area (Å²) in [4.78, 5) is 14.2. The zero-order valence-electron chi connectivity index (χ0n) is 13.2. The number of nitrogens with zero attached hydrogens (tertiary/aromatic N) is 1. The number of hydrogen-bond acceptors (Lipinski definition) is 2. The van der Waals surface area contributed by atoms with Crippen LogP contribution in [0.2, 0.25) is 0 Å². The maximum atomic E-state index is 11.8. The zero-order valence-corrected chi connectivity index (χ0v) is 13.2.